The second-order valence-corrected chi connectivity index (χ2v) is 3.88. The average Bonchev–Trinajstić information content (AvgIpc) is 2.35. The van der Waals surface area contributed by atoms with Gasteiger partial charge in [0.15, 0.2) is 0 Å². The van der Waals surface area contributed by atoms with Crippen LogP contribution >= 0.6 is 11.8 Å². The minimum absolute atomic E-state index is 0.0202. The smallest absolute Gasteiger partial charge is 0.255 e. The lowest BCUT2D eigenvalue weighted by molar-refractivity contribution is 0.955. The Morgan fingerprint density at radius 1 is 1.82 bits per heavy atom. The zero-order valence-electron chi connectivity index (χ0n) is 6.13. The van der Waals surface area contributed by atoms with Crippen molar-refractivity contribution in [3.8, 4) is 0 Å². The van der Waals surface area contributed by atoms with Gasteiger partial charge in [0.2, 0.25) is 0 Å². The number of thioether (sulfide) groups is 1. The van der Waals surface area contributed by atoms with Crippen molar-refractivity contribution in [2.75, 3.05) is 0 Å². The zero-order chi connectivity index (χ0) is 7.84. The van der Waals surface area contributed by atoms with E-state index in [1.54, 1.807) is 11.8 Å². The molecule has 1 aliphatic heterocycles. The van der Waals surface area contributed by atoms with E-state index in [0.29, 0.717) is 5.25 Å². The summed E-state index contributed by atoms with van der Waals surface area (Å²) in [6, 6.07) is 0. The van der Waals surface area contributed by atoms with Gasteiger partial charge in [-0.3, -0.25) is 4.79 Å². The van der Waals surface area contributed by atoms with Gasteiger partial charge in [0.25, 0.3) is 5.56 Å². The summed E-state index contributed by atoms with van der Waals surface area (Å²) in [6.07, 6.45) is 1.48. The van der Waals surface area contributed by atoms with Gasteiger partial charge in [-0.25, -0.2) is 4.98 Å². The predicted molar refractivity (Wildman–Crippen MR) is 44.6 cm³/mol. The van der Waals surface area contributed by atoms with Gasteiger partial charge in [-0.1, -0.05) is 0 Å². The molecule has 0 radical (unpaired) electrons. The molecule has 1 aliphatic rings. The number of hydrogen-bond donors (Lipinski definition) is 1. The summed E-state index contributed by atoms with van der Waals surface area (Å²) in [7, 11) is 0. The van der Waals surface area contributed by atoms with E-state index in [4.69, 9.17) is 0 Å². The van der Waals surface area contributed by atoms with Crippen LogP contribution in [-0.2, 0) is 5.75 Å². The van der Waals surface area contributed by atoms with E-state index in [-0.39, 0.29) is 5.56 Å². The molecule has 58 valence electrons. The minimum atomic E-state index is 0.0202. The number of H-pyrrole nitrogens is 1. The van der Waals surface area contributed by atoms with Gasteiger partial charge in [-0.2, -0.15) is 0 Å². The van der Waals surface area contributed by atoms with Gasteiger partial charge in [-0.05, 0) is 6.92 Å². The highest BCUT2D eigenvalue weighted by molar-refractivity contribution is 7.99. The monoisotopic (exact) mass is 168 g/mol. The second kappa shape index (κ2) is 2.37. The summed E-state index contributed by atoms with van der Waals surface area (Å²) in [4.78, 5) is 17.8. The van der Waals surface area contributed by atoms with Gasteiger partial charge in [0.1, 0.15) is 0 Å². The Bertz CT molecular complexity index is 333. The second-order valence-electron chi connectivity index (χ2n) is 2.55. The molecule has 0 amide bonds. The molecule has 0 aliphatic carbocycles. The highest BCUT2D eigenvalue weighted by Gasteiger charge is 2.22. The maximum Gasteiger partial charge on any atom is 0.255 e. The maximum atomic E-state index is 11.1. The van der Waals surface area contributed by atoms with Crippen LogP contribution in [-0.4, -0.2) is 9.97 Å². The summed E-state index contributed by atoms with van der Waals surface area (Å²) in [5.41, 5.74) is 1.83. The number of nitrogens with one attached hydrogen (secondary N) is 1. The molecular weight excluding hydrogens is 160 g/mol. The van der Waals surface area contributed by atoms with E-state index < -0.39 is 0 Å². The molecule has 4 heteroatoms. The fourth-order valence-corrected chi connectivity index (χ4v) is 2.28. The van der Waals surface area contributed by atoms with Crippen LogP contribution in [0.2, 0.25) is 0 Å². The van der Waals surface area contributed by atoms with Crippen LogP contribution in [0.3, 0.4) is 0 Å². The molecule has 0 saturated heterocycles. The van der Waals surface area contributed by atoms with Crippen molar-refractivity contribution in [2.24, 2.45) is 0 Å². The van der Waals surface area contributed by atoms with Crippen molar-refractivity contribution in [1.82, 2.24) is 9.97 Å². The molecular formula is C7H8N2OS. The first-order valence-corrected chi connectivity index (χ1v) is 4.52. The van der Waals surface area contributed by atoms with Crippen LogP contribution in [0.5, 0.6) is 0 Å². The topological polar surface area (TPSA) is 45.8 Å². The molecule has 1 unspecified atom stereocenters. The van der Waals surface area contributed by atoms with E-state index in [0.717, 1.165) is 17.0 Å². The molecule has 2 rings (SSSR count). The van der Waals surface area contributed by atoms with Gasteiger partial charge in [0.05, 0.1) is 12.0 Å². The first-order valence-electron chi connectivity index (χ1n) is 3.47. The summed E-state index contributed by atoms with van der Waals surface area (Å²) >= 11 is 1.76. The number of fused-ring (bicyclic) bond motifs is 1. The van der Waals surface area contributed by atoms with Gasteiger partial charge in [-0.15, -0.1) is 11.8 Å². The van der Waals surface area contributed by atoms with Crippen molar-refractivity contribution in [2.45, 2.75) is 17.9 Å². The molecule has 0 spiro atoms. The van der Waals surface area contributed by atoms with Crippen LogP contribution in [0.1, 0.15) is 23.4 Å². The third-order valence-electron chi connectivity index (χ3n) is 1.85. The summed E-state index contributed by atoms with van der Waals surface area (Å²) in [6.45, 7) is 2.07. The number of hydrogen-bond acceptors (Lipinski definition) is 3. The molecule has 1 aromatic heterocycles. The largest absolute Gasteiger partial charge is 0.313 e. The molecule has 11 heavy (non-hydrogen) atoms. The molecule has 0 saturated carbocycles. The van der Waals surface area contributed by atoms with Crippen LogP contribution in [0, 0.1) is 0 Å². The fourth-order valence-electron chi connectivity index (χ4n) is 1.22. The Morgan fingerprint density at radius 3 is 3.36 bits per heavy atom. The summed E-state index contributed by atoms with van der Waals surface area (Å²) < 4.78 is 0. The normalized spacial score (nSPS) is 21.7. The Hall–Kier alpha value is -0.770. The van der Waals surface area contributed by atoms with Gasteiger partial charge < -0.3 is 4.98 Å². The fraction of sp³-hybridized carbons (Fsp3) is 0.429. The van der Waals surface area contributed by atoms with Gasteiger partial charge in [0, 0.05) is 16.6 Å². The van der Waals surface area contributed by atoms with Crippen LogP contribution in [0.15, 0.2) is 11.1 Å². The van der Waals surface area contributed by atoms with Crippen LogP contribution < -0.4 is 5.56 Å². The van der Waals surface area contributed by atoms with Crippen LogP contribution in [0.4, 0.5) is 0 Å². The average molecular weight is 168 g/mol. The van der Waals surface area contributed by atoms with E-state index in [1.165, 1.54) is 6.33 Å². The van der Waals surface area contributed by atoms with Gasteiger partial charge >= 0.3 is 0 Å². The molecule has 3 nitrogen and oxygen atoms in total. The third kappa shape index (κ3) is 0.976. The lowest BCUT2D eigenvalue weighted by atomic mass is 10.2. The summed E-state index contributed by atoms with van der Waals surface area (Å²) in [5.74, 6) is 0.805. The molecule has 0 fully saturated rings. The number of aromatic nitrogens is 2. The van der Waals surface area contributed by atoms with Crippen molar-refractivity contribution in [3.63, 3.8) is 0 Å². The minimum Gasteiger partial charge on any atom is -0.313 e. The lowest BCUT2D eigenvalue weighted by Gasteiger charge is -1.98. The Labute approximate surface area is 68.2 Å². The predicted octanol–water partition coefficient (Wildman–Crippen LogP) is 1.08. The first kappa shape index (κ1) is 6.91. The van der Waals surface area contributed by atoms with Crippen molar-refractivity contribution in [3.05, 3.63) is 27.9 Å². The summed E-state index contributed by atoms with van der Waals surface area (Å²) in [5, 5.41) is 0.382. The Morgan fingerprint density at radius 2 is 2.64 bits per heavy atom. The Kier molecular flexibility index (Phi) is 1.49. The SMILES string of the molecule is CC1SCc2c1nc[nH]c2=O. The number of aromatic amines is 1. The van der Waals surface area contributed by atoms with E-state index in [1.807, 2.05) is 0 Å². The molecule has 1 atom stereocenters. The molecule has 0 bridgehead atoms. The first-order chi connectivity index (χ1) is 5.29. The van der Waals surface area contributed by atoms with E-state index >= 15 is 0 Å². The highest BCUT2D eigenvalue weighted by atomic mass is 32.2. The lowest BCUT2D eigenvalue weighted by Crippen LogP contribution is -2.12. The maximum absolute atomic E-state index is 11.1. The molecule has 2 heterocycles. The standard InChI is InChI=1S/C7H8N2OS/c1-4-6-5(2-11-4)7(10)9-3-8-6/h3-4H,2H2,1H3,(H,8,9,10). The van der Waals surface area contributed by atoms with Crippen molar-refractivity contribution >= 4 is 11.8 Å². The third-order valence-corrected chi connectivity index (χ3v) is 3.02. The molecule has 1 N–H and O–H groups in total. The van der Waals surface area contributed by atoms with Crippen molar-refractivity contribution < 1.29 is 0 Å². The quantitative estimate of drug-likeness (QED) is 0.630. The van der Waals surface area contributed by atoms with Crippen molar-refractivity contribution in [1.29, 1.82) is 0 Å². The number of nitrogens with zero attached hydrogens (tertiary/aromatic N) is 1. The molecule has 1 aromatic rings. The highest BCUT2D eigenvalue weighted by Crippen LogP contribution is 2.37. The van der Waals surface area contributed by atoms with E-state index in [9.17, 15) is 4.79 Å². The van der Waals surface area contributed by atoms with E-state index in [2.05, 4.69) is 16.9 Å². The number of rotatable bonds is 0. The molecule has 0 aromatic carbocycles. The zero-order valence-corrected chi connectivity index (χ0v) is 6.94. The van der Waals surface area contributed by atoms with Crippen LogP contribution in [0.25, 0.3) is 0 Å². The Balaban J connectivity index is 2.66.